The zero-order valence-electron chi connectivity index (χ0n) is 15.1. The minimum Gasteiger partial charge on any atom is -0.493 e. The van der Waals surface area contributed by atoms with Gasteiger partial charge in [-0.05, 0) is 37.1 Å². The Morgan fingerprint density at radius 2 is 2.11 bits per heavy atom. The van der Waals surface area contributed by atoms with E-state index in [1.165, 1.54) is 5.56 Å². The van der Waals surface area contributed by atoms with Crippen LogP contribution in [0, 0.1) is 12.8 Å². The van der Waals surface area contributed by atoms with E-state index in [2.05, 4.69) is 26.3 Å². The molecule has 0 saturated heterocycles. The van der Waals surface area contributed by atoms with Gasteiger partial charge < -0.3 is 10.1 Å². The molecule has 27 heavy (non-hydrogen) atoms. The maximum Gasteiger partial charge on any atom is 0.254 e. The van der Waals surface area contributed by atoms with Crippen molar-refractivity contribution in [3.05, 3.63) is 71.8 Å². The summed E-state index contributed by atoms with van der Waals surface area (Å²) in [6, 6.07) is 11.8. The Hall–Kier alpha value is -3.28. The second-order valence-electron chi connectivity index (χ2n) is 6.63. The van der Waals surface area contributed by atoms with E-state index in [4.69, 9.17) is 4.74 Å². The predicted octanol–water partition coefficient (Wildman–Crippen LogP) is 2.83. The van der Waals surface area contributed by atoms with Gasteiger partial charge in [0.15, 0.2) is 5.82 Å². The van der Waals surface area contributed by atoms with Crippen molar-refractivity contribution in [1.82, 2.24) is 20.3 Å². The quantitative estimate of drug-likeness (QED) is 0.774. The van der Waals surface area contributed by atoms with Crippen LogP contribution < -0.4 is 10.1 Å². The van der Waals surface area contributed by atoms with E-state index in [0.717, 1.165) is 17.7 Å². The van der Waals surface area contributed by atoms with E-state index < -0.39 is 0 Å². The van der Waals surface area contributed by atoms with Crippen LogP contribution in [0.25, 0.3) is 11.4 Å². The Morgan fingerprint density at radius 3 is 2.93 bits per heavy atom. The summed E-state index contributed by atoms with van der Waals surface area (Å²) >= 11 is 0. The van der Waals surface area contributed by atoms with Crippen molar-refractivity contribution in [3.63, 3.8) is 0 Å². The molecule has 0 unspecified atom stereocenters. The molecule has 0 aliphatic carbocycles. The summed E-state index contributed by atoms with van der Waals surface area (Å²) in [6.07, 6.45) is 5.87. The summed E-state index contributed by atoms with van der Waals surface area (Å²) in [5, 5.41) is 2.99. The van der Waals surface area contributed by atoms with Gasteiger partial charge in [-0.2, -0.15) is 0 Å². The molecule has 1 aliphatic heterocycles. The van der Waals surface area contributed by atoms with Crippen molar-refractivity contribution in [3.8, 4) is 17.1 Å². The molecular formula is C21H20N4O2. The van der Waals surface area contributed by atoms with Crippen molar-refractivity contribution in [2.45, 2.75) is 13.3 Å². The predicted molar refractivity (Wildman–Crippen MR) is 101 cm³/mol. The van der Waals surface area contributed by atoms with Crippen molar-refractivity contribution < 1.29 is 9.53 Å². The van der Waals surface area contributed by atoms with Crippen molar-refractivity contribution >= 4 is 5.91 Å². The number of hydrogen-bond donors (Lipinski definition) is 1. The first-order chi connectivity index (χ1) is 13.2. The summed E-state index contributed by atoms with van der Waals surface area (Å²) in [4.78, 5) is 25.4. The van der Waals surface area contributed by atoms with Gasteiger partial charge in [0.2, 0.25) is 0 Å². The lowest BCUT2D eigenvalue weighted by Gasteiger charge is -2.25. The van der Waals surface area contributed by atoms with Gasteiger partial charge in [0.25, 0.3) is 5.91 Å². The van der Waals surface area contributed by atoms with Crippen molar-refractivity contribution in [1.29, 1.82) is 0 Å². The largest absolute Gasteiger partial charge is 0.493 e. The van der Waals surface area contributed by atoms with Crippen molar-refractivity contribution in [2.24, 2.45) is 5.92 Å². The first-order valence-electron chi connectivity index (χ1n) is 8.93. The van der Waals surface area contributed by atoms with E-state index in [9.17, 15) is 4.79 Å². The van der Waals surface area contributed by atoms with Gasteiger partial charge in [0, 0.05) is 36.6 Å². The van der Waals surface area contributed by atoms with Crippen LogP contribution in [0.4, 0.5) is 0 Å². The summed E-state index contributed by atoms with van der Waals surface area (Å²) < 4.78 is 5.78. The van der Waals surface area contributed by atoms with Gasteiger partial charge in [-0.15, -0.1) is 0 Å². The molecule has 1 aromatic carbocycles. The summed E-state index contributed by atoms with van der Waals surface area (Å²) in [5.74, 6) is 1.59. The van der Waals surface area contributed by atoms with Gasteiger partial charge in [0.05, 0.1) is 17.9 Å². The highest BCUT2D eigenvalue weighted by Crippen LogP contribution is 2.26. The van der Waals surface area contributed by atoms with Crippen LogP contribution in [0.3, 0.4) is 0 Å². The molecule has 1 aliphatic rings. The van der Waals surface area contributed by atoms with Gasteiger partial charge in [-0.3, -0.25) is 9.78 Å². The number of carbonyl (C=O) groups is 1. The van der Waals surface area contributed by atoms with Crippen LogP contribution in [0.1, 0.15) is 21.6 Å². The molecule has 1 N–H and O–H groups in total. The van der Waals surface area contributed by atoms with Crippen LogP contribution in [-0.4, -0.2) is 34.0 Å². The molecular weight excluding hydrogens is 340 g/mol. The molecule has 4 rings (SSSR count). The highest BCUT2D eigenvalue weighted by Gasteiger charge is 2.21. The van der Waals surface area contributed by atoms with E-state index in [-0.39, 0.29) is 11.8 Å². The minimum atomic E-state index is -0.163. The number of rotatable bonds is 4. The van der Waals surface area contributed by atoms with Gasteiger partial charge >= 0.3 is 0 Å². The molecule has 0 fully saturated rings. The molecule has 3 heterocycles. The molecule has 3 aromatic rings. The minimum absolute atomic E-state index is 0.163. The fourth-order valence-electron chi connectivity index (χ4n) is 3.18. The van der Waals surface area contributed by atoms with Gasteiger partial charge in [0.1, 0.15) is 5.75 Å². The normalized spacial score (nSPS) is 15.5. The van der Waals surface area contributed by atoms with Crippen LogP contribution in [0.2, 0.25) is 0 Å². The molecule has 0 bridgehead atoms. The fourth-order valence-corrected chi connectivity index (χ4v) is 3.18. The summed E-state index contributed by atoms with van der Waals surface area (Å²) in [6.45, 7) is 2.97. The third-order valence-electron chi connectivity index (χ3n) is 4.65. The SMILES string of the molecule is Cc1nc(-c2cccnc2)ncc1C(=O)NC[C@H]1COc2ccccc2C1. The number of aromatic nitrogens is 3. The number of nitrogens with one attached hydrogen (secondary N) is 1. The lowest BCUT2D eigenvalue weighted by molar-refractivity contribution is 0.0937. The number of benzene rings is 1. The second kappa shape index (κ2) is 7.53. The lowest BCUT2D eigenvalue weighted by Crippen LogP contribution is -2.35. The molecule has 136 valence electrons. The summed E-state index contributed by atoms with van der Waals surface area (Å²) in [7, 11) is 0. The maximum absolute atomic E-state index is 12.6. The Balaban J connectivity index is 1.40. The fraction of sp³-hybridized carbons (Fsp3) is 0.238. The number of carbonyl (C=O) groups excluding carboxylic acids is 1. The van der Waals surface area contributed by atoms with Crippen LogP contribution in [0.5, 0.6) is 5.75 Å². The number of nitrogens with zero attached hydrogens (tertiary/aromatic N) is 3. The molecule has 6 heteroatoms. The molecule has 0 saturated carbocycles. The molecule has 0 radical (unpaired) electrons. The Kier molecular flexibility index (Phi) is 4.78. The molecule has 0 spiro atoms. The standard InChI is InChI=1S/C21H20N4O2/c1-14-18(12-23-20(25-14)17-6-4-8-22-11-17)21(26)24-10-15-9-16-5-2-3-7-19(16)27-13-15/h2-8,11-12,15H,9-10,13H2,1H3,(H,24,26)/t15-/m0/s1. The lowest BCUT2D eigenvalue weighted by atomic mass is 9.96. The monoisotopic (exact) mass is 360 g/mol. The zero-order valence-corrected chi connectivity index (χ0v) is 15.1. The van der Waals surface area contributed by atoms with Gasteiger partial charge in [-0.25, -0.2) is 9.97 Å². The molecule has 6 nitrogen and oxygen atoms in total. The number of fused-ring (bicyclic) bond motifs is 1. The number of ether oxygens (including phenoxy) is 1. The molecule has 1 amide bonds. The first kappa shape index (κ1) is 17.1. The highest BCUT2D eigenvalue weighted by atomic mass is 16.5. The number of hydrogen-bond acceptors (Lipinski definition) is 5. The number of para-hydroxylation sites is 1. The number of aryl methyl sites for hydroxylation is 1. The number of amides is 1. The third-order valence-corrected chi connectivity index (χ3v) is 4.65. The van der Waals surface area contributed by atoms with E-state index >= 15 is 0 Å². The van der Waals surface area contributed by atoms with Crippen LogP contribution in [0.15, 0.2) is 55.0 Å². The second-order valence-corrected chi connectivity index (χ2v) is 6.63. The molecule has 2 aromatic heterocycles. The first-order valence-corrected chi connectivity index (χ1v) is 8.93. The van der Waals surface area contributed by atoms with Gasteiger partial charge in [-0.1, -0.05) is 18.2 Å². The van der Waals surface area contributed by atoms with E-state index in [1.807, 2.05) is 37.3 Å². The Labute approximate surface area is 157 Å². The van der Waals surface area contributed by atoms with Crippen LogP contribution >= 0.6 is 0 Å². The maximum atomic E-state index is 12.6. The topological polar surface area (TPSA) is 77.0 Å². The Bertz CT molecular complexity index is 959. The molecule has 1 atom stereocenters. The average Bonchev–Trinajstić information content (AvgIpc) is 2.72. The van der Waals surface area contributed by atoms with Crippen molar-refractivity contribution in [2.75, 3.05) is 13.2 Å². The third kappa shape index (κ3) is 3.79. The van der Waals surface area contributed by atoms with E-state index in [0.29, 0.717) is 30.2 Å². The zero-order chi connectivity index (χ0) is 18.6. The Morgan fingerprint density at radius 1 is 1.22 bits per heavy atom. The van der Waals surface area contributed by atoms with E-state index in [1.54, 1.807) is 18.6 Å². The summed E-state index contributed by atoms with van der Waals surface area (Å²) in [5.41, 5.74) is 3.14. The van der Waals surface area contributed by atoms with Crippen LogP contribution in [-0.2, 0) is 6.42 Å². The highest BCUT2D eigenvalue weighted by molar-refractivity contribution is 5.95. The average molecular weight is 360 g/mol. The number of pyridine rings is 1. The smallest absolute Gasteiger partial charge is 0.254 e.